The fourth-order valence-electron chi connectivity index (χ4n) is 2.71. The first-order valence-corrected chi connectivity index (χ1v) is 7.51. The molecule has 1 fully saturated rings. The van der Waals surface area contributed by atoms with Crippen molar-refractivity contribution in [2.45, 2.75) is 39.2 Å². The zero-order valence-electron chi connectivity index (χ0n) is 12.5. The van der Waals surface area contributed by atoms with Crippen molar-refractivity contribution >= 4 is 11.8 Å². The van der Waals surface area contributed by atoms with Crippen LogP contribution in [0.25, 0.3) is 0 Å². The number of hydrogen-bond donors (Lipinski definition) is 0. The zero-order chi connectivity index (χ0) is 15.1. The Morgan fingerprint density at radius 2 is 2.00 bits per heavy atom. The van der Waals surface area contributed by atoms with Gasteiger partial charge in [0, 0.05) is 6.42 Å². The summed E-state index contributed by atoms with van der Waals surface area (Å²) in [5, 5.41) is 0. The summed E-state index contributed by atoms with van der Waals surface area (Å²) in [7, 11) is 0. The Labute approximate surface area is 125 Å². The van der Waals surface area contributed by atoms with Gasteiger partial charge in [0.15, 0.2) is 5.78 Å². The molecule has 1 aliphatic rings. The lowest BCUT2D eigenvalue weighted by Crippen LogP contribution is -2.46. The molecule has 1 aromatic rings. The molecule has 0 N–H and O–H groups in total. The molecule has 1 aromatic carbocycles. The number of carbonyl (C=O) groups excluding carboxylic acids is 2. The third kappa shape index (κ3) is 3.70. The molecular formula is C17H22O4. The van der Waals surface area contributed by atoms with Gasteiger partial charge >= 0.3 is 5.97 Å². The van der Waals surface area contributed by atoms with Crippen LogP contribution in [0.3, 0.4) is 0 Å². The summed E-state index contributed by atoms with van der Waals surface area (Å²) in [6.45, 7) is 2.55. The zero-order valence-corrected chi connectivity index (χ0v) is 12.5. The van der Waals surface area contributed by atoms with E-state index in [0.717, 1.165) is 18.4 Å². The number of ether oxygens (including phenoxy) is 2. The fourth-order valence-corrected chi connectivity index (χ4v) is 2.71. The molecule has 1 saturated carbocycles. The lowest BCUT2D eigenvalue weighted by atomic mass is 9.73. The first-order chi connectivity index (χ1) is 10.2. The second-order valence-electron chi connectivity index (χ2n) is 5.41. The van der Waals surface area contributed by atoms with E-state index in [2.05, 4.69) is 0 Å². The Morgan fingerprint density at radius 1 is 1.24 bits per heavy atom. The van der Waals surface area contributed by atoms with Gasteiger partial charge in [0.25, 0.3) is 0 Å². The molecular weight excluding hydrogens is 268 g/mol. The van der Waals surface area contributed by atoms with Gasteiger partial charge in [-0.15, -0.1) is 0 Å². The maximum absolute atomic E-state index is 12.3. The number of rotatable bonds is 6. The molecule has 0 saturated heterocycles. The highest BCUT2D eigenvalue weighted by molar-refractivity contribution is 6.04. The van der Waals surface area contributed by atoms with E-state index in [1.54, 1.807) is 6.92 Å². The third-order valence-corrected chi connectivity index (χ3v) is 3.92. The van der Waals surface area contributed by atoms with E-state index >= 15 is 0 Å². The highest BCUT2D eigenvalue weighted by atomic mass is 16.5. The van der Waals surface area contributed by atoms with Crippen molar-refractivity contribution in [2.75, 3.05) is 13.2 Å². The molecule has 0 bridgehead atoms. The van der Waals surface area contributed by atoms with Gasteiger partial charge in [-0.2, -0.15) is 0 Å². The van der Waals surface area contributed by atoms with Gasteiger partial charge in [0.2, 0.25) is 0 Å². The predicted molar refractivity (Wildman–Crippen MR) is 78.6 cm³/mol. The molecule has 21 heavy (non-hydrogen) atoms. The molecule has 0 radical (unpaired) electrons. The third-order valence-electron chi connectivity index (χ3n) is 3.92. The van der Waals surface area contributed by atoms with E-state index in [4.69, 9.17) is 9.47 Å². The highest BCUT2D eigenvalue weighted by Gasteiger charge is 2.48. The number of Topliss-reactive ketones (excluding diaryl/α,β-unsaturated/α-hetero) is 1. The Hall–Kier alpha value is -1.68. The summed E-state index contributed by atoms with van der Waals surface area (Å²) < 4.78 is 10.8. The minimum Gasteiger partial charge on any atom is -0.465 e. The van der Waals surface area contributed by atoms with Gasteiger partial charge in [0.1, 0.15) is 5.41 Å². The van der Waals surface area contributed by atoms with Crippen LogP contribution in [0.15, 0.2) is 30.3 Å². The van der Waals surface area contributed by atoms with Gasteiger partial charge in [0.05, 0.1) is 19.8 Å². The standard InChI is InChI=1S/C17H22O4/c1-2-21-16(19)17(11-7-6-10-15(17)18)13-20-12-14-8-4-3-5-9-14/h3-5,8-9H,2,6-7,10-13H2,1H3/t17-/m0/s1. The van der Waals surface area contributed by atoms with Crippen molar-refractivity contribution < 1.29 is 19.1 Å². The summed E-state index contributed by atoms with van der Waals surface area (Å²) in [6.07, 6.45) is 2.67. The molecule has 0 aliphatic heterocycles. The minimum absolute atomic E-state index is 0.0414. The van der Waals surface area contributed by atoms with Crippen LogP contribution in [0.5, 0.6) is 0 Å². The first kappa shape index (κ1) is 15.7. The molecule has 0 amide bonds. The SMILES string of the molecule is CCOC(=O)[C@]1(COCc2ccccc2)CCCCC1=O. The Kier molecular flexibility index (Phi) is 5.51. The number of benzene rings is 1. The number of esters is 1. The number of carbonyl (C=O) groups is 2. The van der Waals surface area contributed by atoms with Crippen LogP contribution in [-0.2, 0) is 25.7 Å². The normalized spacial score (nSPS) is 22.0. The fraction of sp³-hybridized carbons (Fsp3) is 0.529. The molecule has 0 unspecified atom stereocenters. The topological polar surface area (TPSA) is 52.6 Å². The summed E-state index contributed by atoms with van der Waals surface area (Å²) in [5.41, 5.74) is -0.0666. The van der Waals surface area contributed by atoms with Gasteiger partial charge < -0.3 is 9.47 Å². The molecule has 0 spiro atoms. The molecule has 0 heterocycles. The van der Waals surface area contributed by atoms with E-state index in [-0.39, 0.29) is 19.0 Å². The molecule has 4 heteroatoms. The van der Waals surface area contributed by atoms with Crippen molar-refractivity contribution in [2.24, 2.45) is 5.41 Å². The first-order valence-electron chi connectivity index (χ1n) is 7.51. The molecule has 1 atom stereocenters. The largest absolute Gasteiger partial charge is 0.465 e. The van der Waals surface area contributed by atoms with Crippen molar-refractivity contribution in [3.05, 3.63) is 35.9 Å². The minimum atomic E-state index is -1.09. The van der Waals surface area contributed by atoms with Crippen LogP contribution in [-0.4, -0.2) is 25.0 Å². The maximum Gasteiger partial charge on any atom is 0.322 e. The molecule has 1 aliphatic carbocycles. The van der Waals surface area contributed by atoms with E-state index in [1.165, 1.54) is 0 Å². The van der Waals surface area contributed by atoms with Gasteiger partial charge in [-0.05, 0) is 25.3 Å². The summed E-state index contributed by atoms with van der Waals surface area (Å²) in [4.78, 5) is 24.5. The van der Waals surface area contributed by atoms with Crippen molar-refractivity contribution in [3.8, 4) is 0 Å². The van der Waals surface area contributed by atoms with Gasteiger partial charge in [-0.25, -0.2) is 0 Å². The average Bonchev–Trinajstić information content (AvgIpc) is 2.50. The second-order valence-corrected chi connectivity index (χ2v) is 5.41. The summed E-state index contributed by atoms with van der Waals surface area (Å²) >= 11 is 0. The van der Waals surface area contributed by atoms with E-state index in [0.29, 0.717) is 19.4 Å². The van der Waals surface area contributed by atoms with Crippen LogP contribution in [0.2, 0.25) is 0 Å². The second kappa shape index (κ2) is 7.36. The smallest absolute Gasteiger partial charge is 0.322 e. The van der Waals surface area contributed by atoms with Crippen molar-refractivity contribution in [1.82, 2.24) is 0 Å². The molecule has 114 valence electrons. The molecule has 2 rings (SSSR count). The van der Waals surface area contributed by atoms with Crippen molar-refractivity contribution in [1.29, 1.82) is 0 Å². The van der Waals surface area contributed by atoms with Crippen LogP contribution in [0.1, 0.15) is 38.2 Å². The lowest BCUT2D eigenvalue weighted by molar-refractivity contribution is -0.167. The lowest BCUT2D eigenvalue weighted by Gasteiger charge is -2.32. The predicted octanol–water partition coefficient (Wildman–Crippen LogP) is 2.90. The van der Waals surface area contributed by atoms with Crippen LogP contribution in [0.4, 0.5) is 0 Å². The number of ketones is 1. The van der Waals surface area contributed by atoms with Crippen LogP contribution >= 0.6 is 0 Å². The van der Waals surface area contributed by atoms with Crippen molar-refractivity contribution in [3.63, 3.8) is 0 Å². The van der Waals surface area contributed by atoms with Gasteiger partial charge in [-0.1, -0.05) is 36.8 Å². The highest BCUT2D eigenvalue weighted by Crippen LogP contribution is 2.35. The maximum atomic E-state index is 12.3. The van der Waals surface area contributed by atoms with Gasteiger partial charge in [-0.3, -0.25) is 9.59 Å². The Bertz CT molecular complexity index is 483. The van der Waals surface area contributed by atoms with E-state index < -0.39 is 11.4 Å². The van der Waals surface area contributed by atoms with Crippen LogP contribution in [0, 0.1) is 5.41 Å². The van der Waals surface area contributed by atoms with Crippen LogP contribution < -0.4 is 0 Å². The molecule has 4 nitrogen and oxygen atoms in total. The van der Waals surface area contributed by atoms with E-state index in [9.17, 15) is 9.59 Å². The number of hydrogen-bond acceptors (Lipinski definition) is 4. The Morgan fingerprint density at radius 3 is 2.67 bits per heavy atom. The quantitative estimate of drug-likeness (QED) is 0.597. The summed E-state index contributed by atoms with van der Waals surface area (Å²) in [6, 6.07) is 9.73. The summed E-state index contributed by atoms with van der Waals surface area (Å²) in [5.74, 6) is -0.469. The Balaban J connectivity index is 2.02. The monoisotopic (exact) mass is 290 g/mol. The molecule has 0 aromatic heterocycles. The van der Waals surface area contributed by atoms with E-state index in [1.807, 2.05) is 30.3 Å². The average molecular weight is 290 g/mol.